The summed E-state index contributed by atoms with van der Waals surface area (Å²) >= 11 is 1.61. The van der Waals surface area contributed by atoms with Crippen LogP contribution in [0.2, 0.25) is 0 Å². The second-order valence-corrected chi connectivity index (χ2v) is 4.79. The number of thiophene rings is 1. The highest BCUT2D eigenvalue weighted by molar-refractivity contribution is 7.14. The van der Waals surface area contributed by atoms with Gasteiger partial charge in [-0.15, -0.1) is 17.8 Å². The third-order valence-electron chi connectivity index (χ3n) is 2.57. The van der Waals surface area contributed by atoms with Gasteiger partial charge in [-0.05, 0) is 37.3 Å². The Labute approximate surface area is 93.7 Å². The largest absolute Gasteiger partial charge is 0.340 e. The maximum Gasteiger partial charge on any atom is 0.262 e. The second-order valence-electron chi connectivity index (χ2n) is 3.65. The summed E-state index contributed by atoms with van der Waals surface area (Å²) in [4.78, 5) is 13.8. The van der Waals surface area contributed by atoms with Crippen molar-refractivity contribution >= 4 is 17.2 Å². The Bertz CT molecular complexity index is 390. The van der Waals surface area contributed by atoms with Crippen molar-refractivity contribution < 1.29 is 4.79 Å². The van der Waals surface area contributed by atoms with E-state index in [4.69, 9.17) is 6.42 Å². The van der Waals surface area contributed by atoms with Crippen LogP contribution < -0.4 is 5.32 Å². The molecule has 1 N–H and O–H groups in total. The molecule has 0 bridgehead atoms. The highest BCUT2D eigenvalue weighted by Gasteiger charge is 2.16. The first-order chi connectivity index (χ1) is 7.31. The van der Waals surface area contributed by atoms with Crippen LogP contribution in [0.1, 0.15) is 33.0 Å². The maximum atomic E-state index is 11.6. The molecule has 0 saturated carbocycles. The lowest BCUT2D eigenvalue weighted by molar-refractivity contribution is 0.0962. The number of carbonyl (C=O) groups is 1. The van der Waals surface area contributed by atoms with Gasteiger partial charge < -0.3 is 5.32 Å². The molecule has 0 saturated heterocycles. The van der Waals surface area contributed by atoms with Crippen LogP contribution in [0.3, 0.4) is 0 Å². The van der Waals surface area contributed by atoms with Gasteiger partial charge in [-0.25, -0.2) is 0 Å². The van der Waals surface area contributed by atoms with Crippen molar-refractivity contribution in [3.8, 4) is 12.3 Å². The van der Waals surface area contributed by atoms with Crippen LogP contribution in [0.25, 0.3) is 0 Å². The fraction of sp³-hybridized carbons (Fsp3) is 0.417. The molecule has 1 aromatic rings. The number of aryl methyl sites for hydroxylation is 2. The fourth-order valence-electron chi connectivity index (χ4n) is 1.82. The molecule has 1 aliphatic rings. The zero-order valence-electron chi connectivity index (χ0n) is 8.51. The highest BCUT2D eigenvalue weighted by atomic mass is 32.1. The summed E-state index contributed by atoms with van der Waals surface area (Å²) in [7, 11) is 0. The number of terminal acetylenes is 1. The van der Waals surface area contributed by atoms with E-state index in [2.05, 4.69) is 11.2 Å². The van der Waals surface area contributed by atoms with Crippen molar-refractivity contribution in [2.45, 2.75) is 25.7 Å². The van der Waals surface area contributed by atoms with Crippen molar-refractivity contribution in [3.05, 3.63) is 21.4 Å². The third kappa shape index (κ3) is 2.21. The SMILES string of the molecule is C#CCNC(=O)c1cc2c(s1)CCCC2. The van der Waals surface area contributed by atoms with E-state index in [1.54, 1.807) is 11.3 Å². The van der Waals surface area contributed by atoms with Crippen LogP contribution in [0, 0.1) is 12.3 Å². The van der Waals surface area contributed by atoms with E-state index in [0.717, 1.165) is 17.7 Å². The lowest BCUT2D eigenvalue weighted by atomic mass is 9.99. The first-order valence-electron chi connectivity index (χ1n) is 5.14. The van der Waals surface area contributed by atoms with Crippen molar-refractivity contribution in [1.29, 1.82) is 0 Å². The molecule has 2 rings (SSSR count). The minimum absolute atomic E-state index is 0.0349. The maximum absolute atomic E-state index is 11.6. The molecule has 3 heteroatoms. The second kappa shape index (κ2) is 4.50. The molecule has 1 heterocycles. The molecule has 0 fully saturated rings. The van der Waals surface area contributed by atoms with E-state index in [9.17, 15) is 4.79 Å². The minimum Gasteiger partial charge on any atom is -0.340 e. The first-order valence-corrected chi connectivity index (χ1v) is 5.96. The quantitative estimate of drug-likeness (QED) is 0.757. The number of carbonyl (C=O) groups excluding carboxylic acids is 1. The Morgan fingerprint density at radius 1 is 1.53 bits per heavy atom. The van der Waals surface area contributed by atoms with Crippen LogP contribution in [0.4, 0.5) is 0 Å². The molecule has 0 unspecified atom stereocenters. The third-order valence-corrected chi connectivity index (χ3v) is 3.81. The Morgan fingerprint density at radius 2 is 2.33 bits per heavy atom. The van der Waals surface area contributed by atoms with Crippen LogP contribution in [-0.4, -0.2) is 12.5 Å². The summed E-state index contributed by atoms with van der Waals surface area (Å²) in [5.41, 5.74) is 1.36. The van der Waals surface area contributed by atoms with Crippen LogP contribution in [0.15, 0.2) is 6.07 Å². The van der Waals surface area contributed by atoms with Crippen LogP contribution >= 0.6 is 11.3 Å². The topological polar surface area (TPSA) is 29.1 Å². The Kier molecular flexibility index (Phi) is 3.08. The molecule has 1 aliphatic carbocycles. The molecule has 1 amide bonds. The van der Waals surface area contributed by atoms with E-state index in [0.29, 0.717) is 6.54 Å². The smallest absolute Gasteiger partial charge is 0.262 e. The summed E-state index contributed by atoms with van der Waals surface area (Å²) in [6, 6.07) is 2.02. The number of hydrogen-bond donors (Lipinski definition) is 1. The molecule has 0 aromatic carbocycles. The number of amides is 1. The van der Waals surface area contributed by atoms with Crippen molar-refractivity contribution in [2.24, 2.45) is 0 Å². The average molecular weight is 219 g/mol. The van der Waals surface area contributed by atoms with Gasteiger partial charge in [0.1, 0.15) is 0 Å². The van der Waals surface area contributed by atoms with Crippen LogP contribution in [-0.2, 0) is 12.8 Å². The molecule has 0 aliphatic heterocycles. The van der Waals surface area contributed by atoms with Crippen molar-refractivity contribution in [1.82, 2.24) is 5.32 Å². The van der Waals surface area contributed by atoms with Crippen molar-refractivity contribution in [3.63, 3.8) is 0 Å². The zero-order chi connectivity index (χ0) is 10.7. The summed E-state index contributed by atoms with van der Waals surface area (Å²) in [6.07, 6.45) is 9.83. The lowest BCUT2D eigenvalue weighted by Gasteiger charge is -2.08. The number of rotatable bonds is 2. The Balaban J connectivity index is 2.12. The van der Waals surface area contributed by atoms with Gasteiger partial charge in [0.15, 0.2) is 0 Å². The molecular formula is C12H13NOS. The summed E-state index contributed by atoms with van der Waals surface area (Å²) in [6.45, 7) is 0.307. The molecular weight excluding hydrogens is 206 g/mol. The van der Waals surface area contributed by atoms with Crippen LogP contribution in [0.5, 0.6) is 0 Å². The molecule has 0 spiro atoms. The molecule has 0 radical (unpaired) electrons. The Morgan fingerprint density at radius 3 is 3.07 bits per heavy atom. The fourth-order valence-corrected chi connectivity index (χ4v) is 2.99. The van der Waals surface area contributed by atoms with E-state index >= 15 is 0 Å². The van der Waals surface area contributed by atoms with Gasteiger partial charge in [-0.2, -0.15) is 0 Å². The predicted octanol–water partition coefficient (Wildman–Crippen LogP) is 1.99. The van der Waals surface area contributed by atoms with Crippen molar-refractivity contribution in [2.75, 3.05) is 6.54 Å². The standard InChI is InChI=1S/C12H13NOS/c1-2-7-13-12(14)11-8-9-5-3-4-6-10(9)15-11/h1,8H,3-7H2,(H,13,14). The molecule has 15 heavy (non-hydrogen) atoms. The zero-order valence-corrected chi connectivity index (χ0v) is 9.32. The van der Waals surface area contributed by atoms with E-state index in [-0.39, 0.29) is 5.91 Å². The monoisotopic (exact) mass is 219 g/mol. The lowest BCUT2D eigenvalue weighted by Crippen LogP contribution is -2.22. The first kappa shape index (κ1) is 10.3. The summed E-state index contributed by atoms with van der Waals surface area (Å²) in [5.74, 6) is 2.37. The number of hydrogen-bond acceptors (Lipinski definition) is 2. The normalized spacial score (nSPS) is 14.1. The number of fused-ring (bicyclic) bond motifs is 1. The van der Waals surface area contributed by atoms with Gasteiger partial charge in [-0.1, -0.05) is 5.92 Å². The summed E-state index contributed by atoms with van der Waals surface area (Å²) in [5, 5.41) is 2.69. The van der Waals surface area contributed by atoms with E-state index in [1.165, 1.54) is 23.3 Å². The molecule has 0 atom stereocenters. The molecule has 1 aromatic heterocycles. The number of nitrogens with one attached hydrogen (secondary N) is 1. The molecule has 2 nitrogen and oxygen atoms in total. The highest BCUT2D eigenvalue weighted by Crippen LogP contribution is 2.29. The van der Waals surface area contributed by atoms with Gasteiger partial charge in [0.25, 0.3) is 5.91 Å². The minimum atomic E-state index is -0.0349. The van der Waals surface area contributed by atoms with Gasteiger partial charge in [-0.3, -0.25) is 4.79 Å². The van der Waals surface area contributed by atoms with Gasteiger partial charge >= 0.3 is 0 Å². The Hall–Kier alpha value is -1.27. The summed E-state index contributed by atoms with van der Waals surface area (Å²) < 4.78 is 0. The average Bonchev–Trinajstić information content (AvgIpc) is 2.69. The van der Waals surface area contributed by atoms with E-state index in [1.807, 2.05) is 6.07 Å². The molecule has 78 valence electrons. The predicted molar refractivity (Wildman–Crippen MR) is 62.1 cm³/mol. The van der Waals surface area contributed by atoms with Gasteiger partial charge in [0, 0.05) is 4.88 Å². The van der Waals surface area contributed by atoms with Gasteiger partial charge in [0.05, 0.1) is 11.4 Å². The van der Waals surface area contributed by atoms with Gasteiger partial charge in [0.2, 0.25) is 0 Å². The van der Waals surface area contributed by atoms with E-state index < -0.39 is 0 Å².